The average molecular weight is 404 g/mol. The fourth-order valence-electron chi connectivity index (χ4n) is 4.07. The molecule has 1 aliphatic rings. The van der Waals surface area contributed by atoms with Crippen molar-refractivity contribution in [2.24, 2.45) is 0 Å². The third-order valence-corrected chi connectivity index (χ3v) is 5.41. The predicted molar refractivity (Wildman–Crippen MR) is 102 cm³/mol. The maximum Gasteiger partial charge on any atom is 0.573 e. The van der Waals surface area contributed by atoms with Crippen molar-refractivity contribution in [2.75, 3.05) is 0 Å². The number of rotatable bonds is 3. The molecule has 0 heterocycles. The Morgan fingerprint density at radius 2 is 1.72 bits per heavy atom. The minimum atomic E-state index is -5.15. The van der Waals surface area contributed by atoms with Gasteiger partial charge in [-0.1, -0.05) is 36.9 Å². The summed E-state index contributed by atoms with van der Waals surface area (Å²) in [4.78, 5) is 0. The highest BCUT2D eigenvalue weighted by molar-refractivity contribution is 5.88. The first-order chi connectivity index (χ1) is 13.7. The van der Waals surface area contributed by atoms with Gasteiger partial charge in [-0.25, -0.2) is 8.78 Å². The van der Waals surface area contributed by atoms with Crippen molar-refractivity contribution in [3.05, 3.63) is 82.9 Å². The first-order valence-corrected chi connectivity index (χ1v) is 9.17. The number of alkyl halides is 3. The van der Waals surface area contributed by atoms with Crippen LogP contribution in [0.3, 0.4) is 0 Å². The van der Waals surface area contributed by atoms with Crippen LogP contribution < -0.4 is 4.74 Å². The third kappa shape index (κ3) is 3.84. The quantitative estimate of drug-likeness (QED) is 0.430. The maximum atomic E-state index is 14.1. The summed E-state index contributed by atoms with van der Waals surface area (Å²) in [6.45, 7) is 3.78. The Labute approximate surface area is 164 Å². The fourth-order valence-corrected chi connectivity index (χ4v) is 4.07. The van der Waals surface area contributed by atoms with Gasteiger partial charge in [0.1, 0.15) is 0 Å². The number of benzene rings is 3. The lowest BCUT2D eigenvalue weighted by atomic mass is 9.78. The van der Waals surface area contributed by atoms with Crippen LogP contribution in [0.25, 0.3) is 16.8 Å². The van der Waals surface area contributed by atoms with Crippen LogP contribution in [0.2, 0.25) is 0 Å². The molecule has 3 aromatic rings. The second-order valence-corrected chi connectivity index (χ2v) is 7.19. The van der Waals surface area contributed by atoms with Crippen molar-refractivity contribution in [2.45, 2.75) is 31.5 Å². The van der Waals surface area contributed by atoms with Crippen molar-refractivity contribution < 1.29 is 26.7 Å². The molecule has 1 aliphatic carbocycles. The normalized spacial score (nSPS) is 16.5. The molecule has 1 atom stereocenters. The number of hydrogen-bond donors (Lipinski definition) is 0. The number of aryl methyl sites for hydroxylation is 1. The van der Waals surface area contributed by atoms with E-state index >= 15 is 0 Å². The zero-order valence-electron chi connectivity index (χ0n) is 15.3. The Bertz CT molecular complexity index is 1080. The summed E-state index contributed by atoms with van der Waals surface area (Å²) >= 11 is 0. The van der Waals surface area contributed by atoms with E-state index in [2.05, 4.69) is 17.4 Å². The van der Waals surface area contributed by atoms with E-state index in [1.807, 2.05) is 24.3 Å². The van der Waals surface area contributed by atoms with Crippen LogP contribution in [0, 0.1) is 11.6 Å². The second kappa shape index (κ2) is 7.17. The van der Waals surface area contributed by atoms with E-state index < -0.39 is 23.7 Å². The minimum absolute atomic E-state index is 0.184. The molecule has 0 bridgehead atoms. The van der Waals surface area contributed by atoms with Gasteiger partial charge < -0.3 is 4.74 Å². The van der Waals surface area contributed by atoms with Crippen molar-refractivity contribution in [1.82, 2.24) is 0 Å². The van der Waals surface area contributed by atoms with Crippen LogP contribution in [0.4, 0.5) is 22.0 Å². The van der Waals surface area contributed by atoms with Gasteiger partial charge in [-0.3, -0.25) is 0 Å². The van der Waals surface area contributed by atoms with Gasteiger partial charge in [-0.2, -0.15) is 0 Å². The molecule has 150 valence electrons. The lowest BCUT2D eigenvalue weighted by Crippen LogP contribution is -2.19. The SMILES string of the molecule is C=Cc1ccc2c3c(ccc2c1)CC(c1cc(F)c(OC(F)(F)F)c(F)c1)CC3. The average Bonchev–Trinajstić information content (AvgIpc) is 2.68. The Kier molecular flexibility index (Phi) is 4.81. The molecule has 0 amide bonds. The summed E-state index contributed by atoms with van der Waals surface area (Å²) in [5, 5.41) is 2.24. The molecule has 0 saturated heterocycles. The summed E-state index contributed by atoms with van der Waals surface area (Å²) in [5.74, 6) is -4.30. The molecule has 3 aromatic carbocycles. The lowest BCUT2D eigenvalue weighted by Gasteiger charge is -2.26. The molecule has 6 heteroatoms. The molecular formula is C23H17F5O. The first kappa shape index (κ1) is 19.4. The Morgan fingerprint density at radius 3 is 2.38 bits per heavy atom. The number of ether oxygens (including phenoxy) is 1. The second-order valence-electron chi connectivity index (χ2n) is 7.19. The van der Waals surface area contributed by atoms with Crippen LogP contribution in [-0.2, 0) is 12.8 Å². The molecule has 0 saturated carbocycles. The van der Waals surface area contributed by atoms with Gasteiger partial charge in [0.15, 0.2) is 11.6 Å². The van der Waals surface area contributed by atoms with E-state index in [1.54, 1.807) is 6.08 Å². The standard InChI is InChI=1S/C23H17F5O/c1-2-13-3-7-18-15(9-13)4-5-16-10-14(6-8-19(16)18)17-11-20(24)22(21(25)12-17)29-23(26,27)28/h2-5,7,9,11-12,14H,1,6,8,10H2. The molecule has 0 fully saturated rings. The van der Waals surface area contributed by atoms with Gasteiger partial charge in [-0.05, 0) is 76.4 Å². The Balaban J connectivity index is 1.65. The predicted octanol–water partition coefficient (Wildman–Crippen LogP) is 6.93. The van der Waals surface area contributed by atoms with Crippen LogP contribution >= 0.6 is 0 Å². The minimum Gasteiger partial charge on any atom is -0.399 e. The topological polar surface area (TPSA) is 9.23 Å². The van der Waals surface area contributed by atoms with Crippen molar-refractivity contribution in [1.29, 1.82) is 0 Å². The number of fused-ring (bicyclic) bond motifs is 3. The molecule has 29 heavy (non-hydrogen) atoms. The zero-order valence-corrected chi connectivity index (χ0v) is 15.3. The smallest absolute Gasteiger partial charge is 0.399 e. The third-order valence-electron chi connectivity index (χ3n) is 5.41. The molecule has 4 rings (SSSR count). The summed E-state index contributed by atoms with van der Waals surface area (Å²) in [7, 11) is 0. The zero-order chi connectivity index (χ0) is 20.8. The van der Waals surface area contributed by atoms with E-state index in [0.717, 1.165) is 40.5 Å². The van der Waals surface area contributed by atoms with E-state index in [9.17, 15) is 22.0 Å². The van der Waals surface area contributed by atoms with Gasteiger partial charge >= 0.3 is 6.36 Å². The van der Waals surface area contributed by atoms with Crippen LogP contribution in [0.1, 0.15) is 34.6 Å². The van der Waals surface area contributed by atoms with Gasteiger partial charge in [0.2, 0.25) is 5.75 Å². The molecule has 0 aliphatic heterocycles. The molecule has 0 spiro atoms. The highest BCUT2D eigenvalue weighted by Crippen LogP contribution is 2.39. The van der Waals surface area contributed by atoms with Crippen molar-refractivity contribution in [3.63, 3.8) is 0 Å². The highest BCUT2D eigenvalue weighted by Gasteiger charge is 2.34. The number of halogens is 5. The summed E-state index contributed by atoms with van der Waals surface area (Å²) in [5.41, 5.74) is 3.64. The van der Waals surface area contributed by atoms with Gasteiger partial charge in [0.05, 0.1) is 0 Å². The van der Waals surface area contributed by atoms with Crippen molar-refractivity contribution >= 4 is 16.8 Å². The van der Waals surface area contributed by atoms with Gasteiger partial charge in [0, 0.05) is 0 Å². The van der Waals surface area contributed by atoms with Gasteiger partial charge in [0.25, 0.3) is 0 Å². The fraction of sp³-hybridized carbons (Fsp3) is 0.217. The van der Waals surface area contributed by atoms with Crippen molar-refractivity contribution in [3.8, 4) is 5.75 Å². The van der Waals surface area contributed by atoms with E-state index in [-0.39, 0.29) is 5.92 Å². The van der Waals surface area contributed by atoms with E-state index in [1.165, 1.54) is 5.56 Å². The maximum absolute atomic E-state index is 14.1. The molecule has 0 radical (unpaired) electrons. The first-order valence-electron chi connectivity index (χ1n) is 9.17. The van der Waals surface area contributed by atoms with Gasteiger partial charge in [-0.15, -0.1) is 13.2 Å². The van der Waals surface area contributed by atoms with E-state index in [0.29, 0.717) is 18.4 Å². The highest BCUT2D eigenvalue weighted by atomic mass is 19.4. The van der Waals surface area contributed by atoms with E-state index in [4.69, 9.17) is 0 Å². The Morgan fingerprint density at radius 1 is 1.00 bits per heavy atom. The molecule has 1 unspecified atom stereocenters. The monoisotopic (exact) mass is 404 g/mol. The summed E-state index contributed by atoms with van der Waals surface area (Å²) < 4.78 is 68.7. The molecule has 0 aromatic heterocycles. The molecule has 0 N–H and O–H groups in total. The summed E-state index contributed by atoms with van der Waals surface area (Å²) in [6, 6.07) is 12.0. The summed E-state index contributed by atoms with van der Waals surface area (Å²) in [6.07, 6.45) is -1.45. The van der Waals surface area contributed by atoms with Crippen LogP contribution in [0.5, 0.6) is 5.75 Å². The number of hydrogen-bond acceptors (Lipinski definition) is 1. The largest absolute Gasteiger partial charge is 0.573 e. The lowest BCUT2D eigenvalue weighted by molar-refractivity contribution is -0.276. The van der Waals surface area contributed by atoms with Crippen LogP contribution in [-0.4, -0.2) is 6.36 Å². The van der Waals surface area contributed by atoms with Crippen LogP contribution in [0.15, 0.2) is 49.0 Å². The Hall–Kier alpha value is -2.89. The molecular weight excluding hydrogens is 387 g/mol. The molecule has 1 nitrogen and oxygen atoms in total.